The van der Waals surface area contributed by atoms with Crippen molar-refractivity contribution in [3.8, 4) is 0 Å². The van der Waals surface area contributed by atoms with Gasteiger partial charge in [0.05, 0.1) is 78.8 Å². The van der Waals surface area contributed by atoms with Gasteiger partial charge in [0.15, 0.2) is 0 Å². The molecule has 0 aromatic heterocycles. The summed E-state index contributed by atoms with van der Waals surface area (Å²) < 4.78 is 37.2. The van der Waals surface area contributed by atoms with Crippen molar-refractivity contribution in [3.63, 3.8) is 0 Å². The molecule has 0 spiro atoms. The second-order valence-electron chi connectivity index (χ2n) is 6.07. The van der Waals surface area contributed by atoms with Crippen LogP contribution < -0.4 is 0 Å². The summed E-state index contributed by atoms with van der Waals surface area (Å²) in [6, 6.07) is 0. The number of carbonyl (C=O) groups excluding carboxylic acids is 1. The van der Waals surface area contributed by atoms with Crippen molar-refractivity contribution in [2.24, 2.45) is 0 Å². The Balaban J connectivity index is 3.09. The molecule has 0 aliphatic heterocycles. The number of rotatable bonds is 21. The van der Waals surface area contributed by atoms with Gasteiger partial charge in [-0.25, -0.2) is 4.79 Å². The molecule has 0 aliphatic carbocycles. The average Bonchev–Trinajstić information content (AvgIpc) is 2.69. The minimum atomic E-state index is -0.403. The molecule has 0 saturated carbocycles. The molecule has 0 heterocycles. The van der Waals surface area contributed by atoms with Gasteiger partial charge in [-0.1, -0.05) is 13.5 Å². The Bertz CT molecular complexity index is 375. The maximum Gasteiger partial charge on any atom is 0.333 e. The zero-order valence-electron chi connectivity index (χ0n) is 17.7. The van der Waals surface area contributed by atoms with Gasteiger partial charge >= 0.3 is 5.97 Å². The number of carbonyl (C=O) groups is 1. The second-order valence-corrected chi connectivity index (χ2v) is 6.07. The summed E-state index contributed by atoms with van der Waals surface area (Å²) in [5.41, 5.74) is 0.379. The van der Waals surface area contributed by atoms with Crippen LogP contribution in [0.15, 0.2) is 12.2 Å². The maximum absolute atomic E-state index is 11.1. The third kappa shape index (κ3) is 19.7. The predicted molar refractivity (Wildman–Crippen MR) is 106 cm³/mol. The number of ether oxygens (including phenoxy) is 7. The van der Waals surface area contributed by atoms with Crippen LogP contribution in [0, 0.1) is 0 Å². The van der Waals surface area contributed by atoms with Crippen LogP contribution >= 0.6 is 0 Å². The Labute approximate surface area is 169 Å². The summed E-state index contributed by atoms with van der Waals surface area (Å²) in [6.07, 6.45) is 1.29. The van der Waals surface area contributed by atoms with Gasteiger partial charge in [0.1, 0.15) is 6.61 Å². The third-order valence-corrected chi connectivity index (χ3v) is 3.50. The molecule has 1 atom stereocenters. The summed E-state index contributed by atoms with van der Waals surface area (Å²) in [4.78, 5) is 11.1. The first-order valence-corrected chi connectivity index (χ1v) is 9.90. The van der Waals surface area contributed by atoms with E-state index in [-0.39, 0.29) is 12.7 Å². The zero-order valence-corrected chi connectivity index (χ0v) is 17.7. The van der Waals surface area contributed by atoms with Gasteiger partial charge in [0, 0.05) is 5.57 Å². The normalized spacial score (nSPS) is 12.1. The van der Waals surface area contributed by atoms with E-state index in [9.17, 15) is 4.79 Å². The van der Waals surface area contributed by atoms with E-state index in [1.807, 2.05) is 0 Å². The summed E-state index contributed by atoms with van der Waals surface area (Å²) in [7, 11) is 0. The Morgan fingerprint density at radius 3 is 1.43 bits per heavy atom. The van der Waals surface area contributed by atoms with Gasteiger partial charge in [-0.2, -0.15) is 0 Å². The lowest BCUT2D eigenvalue weighted by molar-refractivity contribution is -0.140. The van der Waals surface area contributed by atoms with E-state index in [0.29, 0.717) is 78.2 Å². The molecule has 0 rings (SSSR count). The zero-order chi connectivity index (χ0) is 20.9. The highest BCUT2D eigenvalue weighted by molar-refractivity contribution is 5.86. The van der Waals surface area contributed by atoms with E-state index in [2.05, 4.69) is 20.4 Å². The van der Waals surface area contributed by atoms with Crippen molar-refractivity contribution in [1.29, 1.82) is 0 Å². The summed E-state index contributed by atoms with van der Waals surface area (Å²) >= 11 is 0. The molecule has 0 fully saturated rings. The van der Waals surface area contributed by atoms with Gasteiger partial charge < -0.3 is 33.2 Å². The molecule has 0 N–H and O–H groups in total. The fraction of sp³-hybridized carbons (Fsp3) is 0.850. The van der Waals surface area contributed by atoms with Gasteiger partial charge in [-0.3, -0.25) is 0 Å². The quantitative estimate of drug-likeness (QED) is 0.163. The first kappa shape index (κ1) is 27.0. The van der Waals surface area contributed by atoms with Gasteiger partial charge in [-0.15, -0.1) is 0 Å². The maximum atomic E-state index is 11.1. The van der Waals surface area contributed by atoms with Gasteiger partial charge in [0.25, 0.3) is 0 Å². The Kier molecular flexibility index (Phi) is 19.9. The molecule has 0 aromatic rings. The molecule has 0 aromatic carbocycles. The van der Waals surface area contributed by atoms with Crippen molar-refractivity contribution < 1.29 is 38.0 Å². The largest absolute Gasteiger partial charge is 0.460 e. The molecular weight excluding hydrogens is 368 g/mol. The molecular formula is C20H38O8. The van der Waals surface area contributed by atoms with Crippen LogP contribution in [0.5, 0.6) is 0 Å². The Hall–Kier alpha value is -1.03. The van der Waals surface area contributed by atoms with E-state index in [1.165, 1.54) is 0 Å². The standard InChI is InChI=1S/C20H38O8/c1-5-19(4)27-16-14-25-12-10-23-8-6-22-7-9-24-11-13-26-15-17-28-20(21)18(2)3/h19H,2,5-17H2,1,3-4H3. The monoisotopic (exact) mass is 406 g/mol. The molecule has 0 bridgehead atoms. The Morgan fingerprint density at radius 2 is 1.07 bits per heavy atom. The molecule has 28 heavy (non-hydrogen) atoms. The fourth-order valence-electron chi connectivity index (χ4n) is 1.72. The van der Waals surface area contributed by atoms with Crippen molar-refractivity contribution in [2.45, 2.75) is 33.3 Å². The minimum Gasteiger partial charge on any atom is -0.460 e. The molecule has 0 amide bonds. The highest BCUT2D eigenvalue weighted by atomic mass is 16.6. The molecule has 0 saturated heterocycles. The van der Waals surface area contributed by atoms with E-state index >= 15 is 0 Å². The van der Waals surface area contributed by atoms with Crippen molar-refractivity contribution in [3.05, 3.63) is 12.2 Å². The molecule has 8 nitrogen and oxygen atoms in total. The smallest absolute Gasteiger partial charge is 0.333 e. The van der Waals surface area contributed by atoms with E-state index in [0.717, 1.165) is 6.42 Å². The van der Waals surface area contributed by atoms with Crippen LogP contribution in [0.4, 0.5) is 0 Å². The van der Waals surface area contributed by atoms with E-state index < -0.39 is 5.97 Å². The lowest BCUT2D eigenvalue weighted by Gasteiger charge is -2.11. The molecule has 8 heteroatoms. The minimum absolute atomic E-state index is 0.214. The molecule has 166 valence electrons. The SMILES string of the molecule is C=C(C)C(=O)OCCOCCOCCOCCOCCOCCOC(C)CC. The van der Waals surface area contributed by atoms with Crippen LogP contribution in [0.1, 0.15) is 27.2 Å². The van der Waals surface area contributed by atoms with Crippen LogP contribution in [-0.4, -0.2) is 91.4 Å². The number of esters is 1. The molecule has 0 aliphatic rings. The van der Waals surface area contributed by atoms with E-state index in [1.54, 1.807) is 6.92 Å². The summed E-state index contributed by atoms with van der Waals surface area (Å²) in [6.45, 7) is 15.0. The summed E-state index contributed by atoms with van der Waals surface area (Å²) in [5, 5.41) is 0. The number of hydrogen-bond donors (Lipinski definition) is 0. The Morgan fingerprint density at radius 1 is 0.714 bits per heavy atom. The second kappa shape index (κ2) is 20.7. The first-order valence-electron chi connectivity index (χ1n) is 9.90. The van der Waals surface area contributed by atoms with Crippen LogP contribution in [0.3, 0.4) is 0 Å². The lowest BCUT2D eigenvalue weighted by atomic mass is 10.3. The topological polar surface area (TPSA) is 81.7 Å². The van der Waals surface area contributed by atoms with Crippen LogP contribution in [0.2, 0.25) is 0 Å². The van der Waals surface area contributed by atoms with Crippen molar-refractivity contribution in [1.82, 2.24) is 0 Å². The van der Waals surface area contributed by atoms with Crippen LogP contribution in [0.25, 0.3) is 0 Å². The predicted octanol–water partition coefficient (Wildman–Crippen LogP) is 2.00. The van der Waals surface area contributed by atoms with Crippen molar-refractivity contribution in [2.75, 3.05) is 79.3 Å². The number of hydrogen-bond acceptors (Lipinski definition) is 8. The van der Waals surface area contributed by atoms with E-state index in [4.69, 9.17) is 33.2 Å². The third-order valence-electron chi connectivity index (χ3n) is 3.50. The lowest BCUT2D eigenvalue weighted by Crippen LogP contribution is -2.15. The fourth-order valence-corrected chi connectivity index (χ4v) is 1.72. The molecule has 0 radical (unpaired) electrons. The highest BCUT2D eigenvalue weighted by Gasteiger charge is 2.01. The van der Waals surface area contributed by atoms with Crippen LogP contribution in [-0.2, 0) is 38.0 Å². The summed E-state index contributed by atoms with van der Waals surface area (Å²) in [5.74, 6) is -0.403. The first-order chi connectivity index (χ1) is 13.6. The highest BCUT2D eigenvalue weighted by Crippen LogP contribution is 1.95. The van der Waals surface area contributed by atoms with Gasteiger partial charge in [0.2, 0.25) is 0 Å². The van der Waals surface area contributed by atoms with Crippen molar-refractivity contribution >= 4 is 5.97 Å². The molecule has 1 unspecified atom stereocenters. The van der Waals surface area contributed by atoms with Gasteiger partial charge in [-0.05, 0) is 20.3 Å². The average molecular weight is 407 g/mol.